The van der Waals surface area contributed by atoms with Gasteiger partial charge in [0, 0.05) is 19.1 Å². The van der Waals surface area contributed by atoms with Crippen molar-refractivity contribution in [3.63, 3.8) is 0 Å². The van der Waals surface area contributed by atoms with Crippen LogP contribution in [0.25, 0.3) is 0 Å². The van der Waals surface area contributed by atoms with Crippen molar-refractivity contribution in [1.82, 2.24) is 9.03 Å². The minimum atomic E-state index is -3.66. The summed E-state index contributed by atoms with van der Waals surface area (Å²) in [5.74, 6) is 0. The Kier molecular flexibility index (Phi) is 6.60. The molecule has 0 aliphatic heterocycles. The quantitative estimate of drug-likeness (QED) is 0.788. The van der Waals surface area contributed by atoms with E-state index >= 15 is 0 Å². The second kappa shape index (κ2) is 7.51. The van der Waals surface area contributed by atoms with Gasteiger partial charge in [0.2, 0.25) is 20.0 Å². The average molecular weight is 377 g/mol. The number of hydrogen-bond donors (Lipinski definition) is 1. The minimum absolute atomic E-state index is 0.0224. The first kappa shape index (κ1) is 21.1. The van der Waals surface area contributed by atoms with Crippen molar-refractivity contribution in [2.24, 2.45) is 0 Å². The molecule has 0 unspecified atom stereocenters. The van der Waals surface area contributed by atoms with Crippen molar-refractivity contribution < 1.29 is 16.8 Å². The third kappa shape index (κ3) is 5.84. The SMILES string of the molecule is CC(C)N(CCNS(=O)(=O)c1ccc(C(C)(C)C)cc1)S(C)(=O)=O. The van der Waals surface area contributed by atoms with Crippen LogP contribution in [-0.2, 0) is 25.5 Å². The number of hydrogen-bond acceptors (Lipinski definition) is 4. The Morgan fingerprint density at radius 3 is 1.92 bits per heavy atom. The Balaban J connectivity index is 2.80. The Labute approximate surface area is 146 Å². The van der Waals surface area contributed by atoms with E-state index in [1.54, 1.807) is 38.1 Å². The standard InChI is InChI=1S/C16H28N2O4S2/c1-13(2)18(23(6,19)20)12-11-17-24(21,22)15-9-7-14(8-10-15)16(3,4)5/h7-10,13,17H,11-12H2,1-6H3. The van der Waals surface area contributed by atoms with Crippen molar-refractivity contribution in [2.45, 2.75) is 51.0 Å². The van der Waals surface area contributed by atoms with Gasteiger partial charge in [-0.2, -0.15) is 4.31 Å². The van der Waals surface area contributed by atoms with Gasteiger partial charge in [0.25, 0.3) is 0 Å². The van der Waals surface area contributed by atoms with Crippen LogP contribution in [0.15, 0.2) is 29.2 Å². The van der Waals surface area contributed by atoms with Gasteiger partial charge in [-0.05, 0) is 37.0 Å². The molecular formula is C16H28N2O4S2. The Morgan fingerprint density at radius 2 is 1.54 bits per heavy atom. The summed E-state index contributed by atoms with van der Waals surface area (Å²) in [5.41, 5.74) is 0.993. The van der Waals surface area contributed by atoms with Crippen molar-refractivity contribution in [1.29, 1.82) is 0 Å². The second-order valence-electron chi connectivity index (χ2n) is 7.14. The first-order chi connectivity index (χ1) is 10.7. The molecule has 1 aromatic rings. The van der Waals surface area contributed by atoms with Crippen LogP contribution in [-0.4, -0.2) is 46.5 Å². The molecule has 0 atom stereocenters. The number of benzene rings is 1. The van der Waals surface area contributed by atoms with E-state index in [1.165, 1.54) is 4.31 Å². The Bertz CT molecular complexity index is 746. The third-order valence-corrected chi connectivity index (χ3v) is 6.59. The van der Waals surface area contributed by atoms with E-state index < -0.39 is 20.0 Å². The summed E-state index contributed by atoms with van der Waals surface area (Å²) in [6.07, 6.45) is 1.12. The lowest BCUT2D eigenvalue weighted by molar-refractivity contribution is 0.360. The monoisotopic (exact) mass is 376 g/mol. The third-order valence-electron chi connectivity index (χ3n) is 3.66. The zero-order valence-corrected chi connectivity index (χ0v) is 16.8. The molecule has 1 rings (SSSR count). The summed E-state index contributed by atoms with van der Waals surface area (Å²) in [5, 5.41) is 0. The fourth-order valence-electron chi connectivity index (χ4n) is 2.31. The smallest absolute Gasteiger partial charge is 0.212 e. The molecule has 0 saturated carbocycles. The van der Waals surface area contributed by atoms with Crippen molar-refractivity contribution in [2.75, 3.05) is 19.3 Å². The molecular weight excluding hydrogens is 348 g/mol. The molecule has 0 fully saturated rings. The fourth-order valence-corrected chi connectivity index (χ4v) is 4.52. The fraction of sp³-hybridized carbons (Fsp3) is 0.625. The molecule has 0 saturated heterocycles. The molecule has 1 aromatic carbocycles. The summed E-state index contributed by atoms with van der Waals surface area (Å²) in [6, 6.07) is 6.51. The van der Waals surface area contributed by atoms with Gasteiger partial charge < -0.3 is 0 Å². The lowest BCUT2D eigenvalue weighted by Crippen LogP contribution is -2.41. The van der Waals surface area contributed by atoms with Gasteiger partial charge >= 0.3 is 0 Å². The highest BCUT2D eigenvalue weighted by molar-refractivity contribution is 7.89. The highest BCUT2D eigenvalue weighted by atomic mass is 32.2. The normalized spacial score (nSPS) is 13.7. The van der Waals surface area contributed by atoms with Gasteiger partial charge in [0.15, 0.2) is 0 Å². The van der Waals surface area contributed by atoms with Crippen LogP contribution in [0.1, 0.15) is 40.2 Å². The van der Waals surface area contributed by atoms with E-state index in [9.17, 15) is 16.8 Å². The molecule has 0 spiro atoms. The number of nitrogens with one attached hydrogen (secondary N) is 1. The van der Waals surface area contributed by atoms with E-state index in [2.05, 4.69) is 25.5 Å². The molecule has 0 heterocycles. The van der Waals surface area contributed by atoms with Gasteiger partial charge in [0.05, 0.1) is 11.2 Å². The van der Waals surface area contributed by atoms with Crippen LogP contribution in [0.3, 0.4) is 0 Å². The van der Waals surface area contributed by atoms with Crippen LogP contribution in [0.2, 0.25) is 0 Å². The van der Waals surface area contributed by atoms with Crippen LogP contribution in [0, 0.1) is 0 Å². The number of rotatable bonds is 7. The van der Waals surface area contributed by atoms with E-state index in [4.69, 9.17) is 0 Å². The molecule has 6 nitrogen and oxygen atoms in total. The first-order valence-electron chi connectivity index (χ1n) is 7.82. The maximum absolute atomic E-state index is 12.3. The maximum Gasteiger partial charge on any atom is 0.240 e. The van der Waals surface area contributed by atoms with Crippen LogP contribution >= 0.6 is 0 Å². The Morgan fingerprint density at radius 1 is 1.04 bits per heavy atom. The topological polar surface area (TPSA) is 83.6 Å². The number of sulfonamides is 2. The van der Waals surface area contributed by atoms with Crippen molar-refractivity contribution in [3.8, 4) is 0 Å². The highest BCUT2D eigenvalue weighted by Gasteiger charge is 2.21. The number of nitrogens with zero attached hydrogens (tertiary/aromatic N) is 1. The summed E-state index contributed by atoms with van der Waals surface area (Å²) >= 11 is 0. The molecule has 138 valence electrons. The zero-order valence-electron chi connectivity index (χ0n) is 15.2. The summed E-state index contributed by atoms with van der Waals surface area (Å²) < 4.78 is 51.7. The molecule has 0 aromatic heterocycles. The molecule has 0 aliphatic rings. The van der Waals surface area contributed by atoms with Gasteiger partial charge in [-0.25, -0.2) is 21.6 Å². The van der Waals surface area contributed by atoms with Crippen LogP contribution in [0.5, 0.6) is 0 Å². The molecule has 24 heavy (non-hydrogen) atoms. The molecule has 0 aliphatic carbocycles. The average Bonchev–Trinajstić information content (AvgIpc) is 2.41. The maximum atomic E-state index is 12.3. The summed E-state index contributed by atoms with van der Waals surface area (Å²) in [4.78, 5) is 0.172. The molecule has 0 bridgehead atoms. The lowest BCUT2D eigenvalue weighted by atomic mass is 9.87. The van der Waals surface area contributed by atoms with Gasteiger partial charge in [0.1, 0.15) is 0 Å². The molecule has 0 radical (unpaired) electrons. The van der Waals surface area contributed by atoms with Crippen LogP contribution in [0.4, 0.5) is 0 Å². The highest BCUT2D eigenvalue weighted by Crippen LogP contribution is 2.23. The molecule has 1 N–H and O–H groups in total. The van der Waals surface area contributed by atoms with Gasteiger partial charge in [-0.3, -0.25) is 0 Å². The lowest BCUT2D eigenvalue weighted by Gasteiger charge is -2.24. The van der Waals surface area contributed by atoms with E-state index in [0.29, 0.717) is 0 Å². The largest absolute Gasteiger partial charge is 0.240 e. The van der Waals surface area contributed by atoms with Gasteiger partial charge in [-0.1, -0.05) is 32.9 Å². The van der Waals surface area contributed by atoms with Crippen molar-refractivity contribution >= 4 is 20.0 Å². The molecule has 0 amide bonds. The minimum Gasteiger partial charge on any atom is -0.212 e. The van der Waals surface area contributed by atoms with E-state index in [-0.39, 0.29) is 29.4 Å². The van der Waals surface area contributed by atoms with Crippen LogP contribution < -0.4 is 4.72 Å². The van der Waals surface area contributed by atoms with E-state index in [1.807, 2.05) is 0 Å². The van der Waals surface area contributed by atoms with Crippen molar-refractivity contribution in [3.05, 3.63) is 29.8 Å². The summed E-state index contributed by atoms with van der Waals surface area (Å²) in [7, 11) is -7.03. The first-order valence-corrected chi connectivity index (χ1v) is 11.2. The second-order valence-corrected chi connectivity index (χ2v) is 10.8. The summed E-state index contributed by atoms with van der Waals surface area (Å²) in [6.45, 7) is 9.79. The predicted molar refractivity (Wildman–Crippen MR) is 97.0 cm³/mol. The molecule has 8 heteroatoms. The van der Waals surface area contributed by atoms with E-state index in [0.717, 1.165) is 11.8 Å². The Hall–Kier alpha value is -0.960. The van der Waals surface area contributed by atoms with Gasteiger partial charge in [-0.15, -0.1) is 0 Å². The zero-order chi connectivity index (χ0) is 18.8. The predicted octanol–water partition coefficient (Wildman–Crippen LogP) is 1.93.